The Balaban J connectivity index is 1.26. The van der Waals surface area contributed by atoms with Crippen molar-refractivity contribution in [2.75, 3.05) is 44.7 Å². The number of rotatable bonds is 7. The summed E-state index contributed by atoms with van der Waals surface area (Å²) in [5.41, 5.74) is 2.55. The molecule has 0 bridgehead atoms. The number of aryl methyl sites for hydroxylation is 1. The predicted octanol–water partition coefficient (Wildman–Crippen LogP) is 0.962. The molecule has 35 heavy (non-hydrogen) atoms. The van der Waals surface area contributed by atoms with E-state index < -0.39 is 24.4 Å². The minimum Gasteiger partial charge on any atom is -0.495 e. The van der Waals surface area contributed by atoms with Gasteiger partial charge in [0.1, 0.15) is 24.1 Å². The van der Waals surface area contributed by atoms with Crippen LogP contribution in [0.3, 0.4) is 0 Å². The smallest absolute Gasteiger partial charge is 0.251 e. The average molecular weight is 484 g/mol. The number of piperazine rings is 1. The van der Waals surface area contributed by atoms with Crippen LogP contribution in [-0.2, 0) is 9.53 Å². The lowest BCUT2D eigenvalue weighted by atomic mass is 10.0. The first-order chi connectivity index (χ1) is 16.9. The topological polar surface area (TPSA) is 112 Å². The van der Waals surface area contributed by atoms with E-state index >= 15 is 0 Å². The summed E-state index contributed by atoms with van der Waals surface area (Å²) in [6, 6.07) is 14.9. The Hall–Kier alpha value is -3.14. The van der Waals surface area contributed by atoms with E-state index in [-0.39, 0.29) is 24.8 Å². The maximum Gasteiger partial charge on any atom is 0.251 e. The highest BCUT2D eigenvalue weighted by molar-refractivity contribution is 5.94. The lowest BCUT2D eigenvalue weighted by Gasteiger charge is -2.37. The molecule has 9 heteroatoms. The molecule has 2 amide bonds. The highest BCUT2D eigenvalue weighted by Gasteiger charge is 2.44. The number of hydrogen-bond acceptors (Lipinski definition) is 7. The van der Waals surface area contributed by atoms with Crippen molar-refractivity contribution in [1.29, 1.82) is 0 Å². The zero-order valence-corrected chi connectivity index (χ0v) is 20.1. The summed E-state index contributed by atoms with van der Waals surface area (Å²) >= 11 is 0. The molecule has 0 radical (unpaired) electrons. The number of carbonyl (C=O) groups excluding carboxylic acids is 2. The van der Waals surface area contributed by atoms with Gasteiger partial charge < -0.3 is 34.8 Å². The summed E-state index contributed by atoms with van der Waals surface area (Å²) in [5.74, 6) is 0.372. The summed E-state index contributed by atoms with van der Waals surface area (Å²) in [4.78, 5) is 29.2. The number of anilines is 1. The molecule has 0 spiro atoms. The molecule has 2 aliphatic heterocycles. The second-order valence-corrected chi connectivity index (χ2v) is 9.01. The van der Waals surface area contributed by atoms with Gasteiger partial charge in [0.15, 0.2) is 0 Å². The van der Waals surface area contributed by atoms with Gasteiger partial charge in [-0.25, -0.2) is 0 Å². The van der Waals surface area contributed by atoms with Crippen molar-refractivity contribution in [3.63, 3.8) is 0 Å². The molecule has 2 heterocycles. The number of aliphatic hydroxyl groups excluding tert-OH is 2. The summed E-state index contributed by atoms with van der Waals surface area (Å²) in [6.07, 6.45) is -4.04. The van der Waals surface area contributed by atoms with Crippen LogP contribution < -0.4 is 15.0 Å². The van der Waals surface area contributed by atoms with Crippen molar-refractivity contribution >= 4 is 17.5 Å². The van der Waals surface area contributed by atoms with E-state index in [0.29, 0.717) is 31.7 Å². The van der Waals surface area contributed by atoms with Gasteiger partial charge in [-0.1, -0.05) is 29.8 Å². The highest BCUT2D eigenvalue weighted by Crippen LogP contribution is 2.29. The molecule has 2 aromatic rings. The van der Waals surface area contributed by atoms with Gasteiger partial charge in [0.2, 0.25) is 5.91 Å². The van der Waals surface area contributed by atoms with E-state index in [2.05, 4.69) is 10.2 Å². The van der Waals surface area contributed by atoms with Crippen LogP contribution in [0.2, 0.25) is 0 Å². The maximum atomic E-state index is 12.9. The molecule has 0 aromatic heterocycles. The molecule has 4 rings (SSSR count). The second kappa shape index (κ2) is 11.1. The molecule has 188 valence electrons. The molecule has 2 aliphatic rings. The summed E-state index contributed by atoms with van der Waals surface area (Å²) in [6.45, 7) is 4.38. The van der Waals surface area contributed by atoms with E-state index in [1.54, 1.807) is 24.1 Å². The summed E-state index contributed by atoms with van der Waals surface area (Å²) in [5, 5.41) is 23.6. The van der Waals surface area contributed by atoms with Crippen molar-refractivity contribution in [2.24, 2.45) is 0 Å². The monoisotopic (exact) mass is 483 g/mol. The molecule has 2 fully saturated rings. The quantitative estimate of drug-likeness (QED) is 0.538. The van der Waals surface area contributed by atoms with Crippen molar-refractivity contribution < 1.29 is 29.3 Å². The third-order valence-electron chi connectivity index (χ3n) is 6.67. The molecule has 3 N–H and O–H groups in total. The number of para-hydroxylation sites is 2. The van der Waals surface area contributed by atoms with Crippen molar-refractivity contribution in [2.45, 2.75) is 37.8 Å². The van der Waals surface area contributed by atoms with Crippen LogP contribution in [0, 0.1) is 6.92 Å². The number of nitrogens with zero attached hydrogens (tertiary/aromatic N) is 2. The predicted molar refractivity (Wildman–Crippen MR) is 131 cm³/mol. The van der Waals surface area contributed by atoms with Crippen LogP contribution in [0.1, 0.15) is 22.3 Å². The van der Waals surface area contributed by atoms with Crippen LogP contribution in [0.5, 0.6) is 5.75 Å². The van der Waals surface area contributed by atoms with E-state index in [1.165, 1.54) is 0 Å². The average Bonchev–Trinajstić information content (AvgIpc) is 3.15. The minimum atomic E-state index is -1.20. The van der Waals surface area contributed by atoms with Gasteiger partial charge in [-0.15, -0.1) is 0 Å². The van der Waals surface area contributed by atoms with Gasteiger partial charge in [0.05, 0.1) is 25.3 Å². The van der Waals surface area contributed by atoms with Gasteiger partial charge in [-0.2, -0.15) is 0 Å². The fraction of sp³-hybridized carbons (Fsp3) is 0.462. The minimum absolute atomic E-state index is 0.0324. The SMILES string of the molecule is COc1ccccc1N1CCN(C(=O)C[C@@H]2O[C@@H](CNC(=O)c3ccc(C)cc3)[C@@H](O)[C@H]2O)CC1. The highest BCUT2D eigenvalue weighted by atomic mass is 16.5. The number of carbonyl (C=O) groups is 2. The Morgan fingerprint density at radius 1 is 1.00 bits per heavy atom. The van der Waals surface area contributed by atoms with Crippen molar-refractivity contribution in [3.8, 4) is 5.75 Å². The number of aliphatic hydroxyl groups is 2. The lowest BCUT2D eigenvalue weighted by Crippen LogP contribution is -2.50. The standard InChI is InChI=1S/C26H33N3O6/c1-17-7-9-18(10-8-17)26(33)27-16-22-25(32)24(31)21(35-22)15-23(30)29-13-11-28(12-14-29)19-5-3-4-6-20(19)34-2/h3-10,21-22,24-25,31-32H,11-16H2,1-2H3,(H,27,33)/t21-,22-,24-,25+/m0/s1. The van der Waals surface area contributed by atoms with Crippen LogP contribution >= 0.6 is 0 Å². The molecule has 4 atom stereocenters. The molecule has 0 saturated carbocycles. The molecular weight excluding hydrogens is 450 g/mol. The molecule has 2 saturated heterocycles. The first kappa shape index (κ1) is 25.0. The Morgan fingerprint density at radius 3 is 2.34 bits per heavy atom. The van der Waals surface area contributed by atoms with E-state index in [9.17, 15) is 19.8 Å². The fourth-order valence-corrected chi connectivity index (χ4v) is 4.55. The van der Waals surface area contributed by atoms with E-state index in [0.717, 1.165) is 17.0 Å². The number of nitrogens with one attached hydrogen (secondary N) is 1. The molecule has 0 unspecified atom stereocenters. The molecule has 9 nitrogen and oxygen atoms in total. The number of amides is 2. The first-order valence-corrected chi connectivity index (χ1v) is 11.9. The normalized spacial score (nSPS) is 24.3. The van der Waals surface area contributed by atoms with Gasteiger partial charge >= 0.3 is 0 Å². The Morgan fingerprint density at radius 2 is 1.66 bits per heavy atom. The van der Waals surface area contributed by atoms with E-state index in [4.69, 9.17) is 9.47 Å². The van der Waals surface area contributed by atoms with Gasteiger partial charge in [0.25, 0.3) is 5.91 Å². The van der Waals surface area contributed by atoms with Crippen molar-refractivity contribution in [1.82, 2.24) is 10.2 Å². The largest absolute Gasteiger partial charge is 0.495 e. The Labute approximate surface area is 205 Å². The maximum absolute atomic E-state index is 12.9. The summed E-state index contributed by atoms with van der Waals surface area (Å²) in [7, 11) is 1.64. The molecule has 2 aromatic carbocycles. The molecule has 0 aliphatic carbocycles. The van der Waals surface area contributed by atoms with Crippen molar-refractivity contribution in [3.05, 3.63) is 59.7 Å². The summed E-state index contributed by atoms with van der Waals surface area (Å²) < 4.78 is 11.2. The molecular formula is C26H33N3O6. The van der Waals surface area contributed by atoms with Crippen LogP contribution in [0.15, 0.2) is 48.5 Å². The lowest BCUT2D eigenvalue weighted by molar-refractivity contribution is -0.135. The third kappa shape index (κ3) is 5.75. The van der Waals surface area contributed by atoms with Crippen LogP contribution in [-0.4, -0.2) is 91.2 Å². The first-order valence-electron chi connectivity index (χ1n) is 11.9. The van der Waals surface area contributed by atoms with Gasteiger partial charge in [-0.05, 0) is 31.2 Å². The number of ether oxygens (including phenoxy) is 2. The Kier molecular flexibility index (Phi) is 7.90. The zero-order chi connectivity index (χ0) is 24.9. The fourth-order valence-electron chi connectivity index (χ4n) is 4.55. The number of benzene rings is 2. The third-order valence-corrected chi connectivity index (χ3v) is 6.67. The second-order valence-electron chi connectivity index (χ2n) is 9.01. The zero-order valence-electron chi connectivity index (χ0n) is 20.1. The number of hydrogen-bond donors (Lipinski definition) is 3. The van der Waals surface area contributed by atoms with Gasteiger partial charge in [-0.3, -0.25) is 9.59 Å². The van der Waals surface area contributed by atoms with E-state index in [1.807, 2.05) is 43.3 Å². The van der Waals surface area contributed by atoms with Gasteiger partial charge in [0, 0.05) is 38.3 Å². The Bertz CT molecular complexity index is 1020. The number of methoxy groups -OCH3 is 1. The van der Waals surface area contributed by atoms with Crippen LogP contribution in [0.25, 0.3) is 0 Å². The van der Waals surface area contributed by atoms with Crippen LogP contribution in [0.4, 0.5) is 5.69 Å².